The lowest BCUT2D eigenvalue weighted by Crippen LogP contribution is -2.45. The van der Waals surface area contributed by atoms with E-state index in [4.69, 9.17) is 9.15 Å². The van der Waals surface area contributed by atoms with Gasteiger partial charge in [-0.2, -0.15) is 0 Å². The molecule has 0 saturated carbocycles. The normalized spacial score (nSPS) is 18.0. The Kier molecular flexibility index (Phi) is 4.57. The predicted molar refractivity (Wildman–Crippen MR) is 81.6 cm³/mol. The second-order valence-electron chi connectivity index (χ2n) is 5.23. The van der Waals surface area contributed by atoms with Crippen molar-refractivity contribution in [1.29, 1.82) is 0 Å². The highest BCUT2D eigenvalue weighted by atomic mass is 19.1. The zero-order valence-electron chi connectivity index (χ0n) is 12.8. The highest BCUT2D eigenvalue weighted by Crippen LogP contribution is 2.27. The molecule has 2 amide bonds. The highest BCUT2D eigenvalue weighted by Gasteiger charge is 2.31. The van der Waals surface area contributed by atoms with E-state index < -0.39 is 11.8 Å². The number of pyridine rings is 1. The second-order valence-corrected chi connectivity index (χ2v) is 5.23. The second kappa shape index (κ2) is 6.78. The summed E-state index contributed by atoms with van der Waals surface area (Å²) in [5.41, 5.74) is 0.101. The van der Waals surface area contributed by atoms with Gasteiger partial charge < -0.3 is 19.4 Å². The molecule has 122 valence electrons. The van der Waals surface area contributed by atoms with Gasteiger partial charge in [-0.05, 0) is 18.2 Å². The number of rotatable bonds is 3. The fourth-order valence-corrected chi connectivity index (χ4v) is 2.51. The molecule has 3 heterocycles. The van der Waals surface area contributed by atoms with Crippen LogP contribution >= 0.6 is 0 Å². The molecule has 0 bridgehead atoms. The molecule has 1 aliphatic rings. The number of hydrogen-bond acceptors (Lipinski definition) is 4. The Balaban J connectivity index is 1.78. The number of nitrogens with one attached hydrogen (secondary N) is 1. The van der Waals surface area contributed by atoms with Crippen LogP contribution in [0.5, 0.6) is 0 Å². The number of carbonyl (C=O) groups excluding carboxylic acids is 1. The number of nitrogens with zero attached hydrogens (tertiary/aromatic N) is 2. The molecule has 1 aliphatic heterocycles. The standard InChI is InChI=1S/C16H18FN3O3/c1-2-11-3-4-15(23-11)14-10-22-8-7-20(14)16(21)19-13-5-6-18-9-12(13)17/h3-6,9,14H,2,7-8,10H2,1H3,(H,18,19,21). The van der Waals surface area contributed by atoms with Gasteiger partial charge in [-0.1, -0.05) is 6.92 Å². The SMILES string of the molecule is CCc1ccc(C2COCCN2C(=O)Nc2ccncc2F)o1. The predicted octanol–water partition coefficient (Wildman–Crippen LogP) is 2.98. The van der Waals surface area contributed by atoms with Gasteiger partial charge in [0.25, 0.3) is 0 Å². The average Bonchev–Trinajstić information content (AvgIpc) is 3.06. The molecule has 0 radical (unpaired) electrons. The highest BCUT2D eigenvalue weighted by molar-refractivity contribution is 5.89. The van der Waals surface area contributed by atoms with E-state index in [-0.39, 0.29) is 11.7 Å². The summed E-state index contributed by atoms with van der Waals surface area (Å²) in [6.45, 7) is 3.19. The topological polar surface area (TPSA) is 67.6 Å². The molecule has 2 aromatic rings. The number of aromatic nitrogens is 1. The number of ether oxygens (including phenoxy) is 1. The minimum Gasteiger partial charge on any atom is -0.464 e. The number of amides is 2. The van der Waals surface area contributed by atoms with Gasteiger partial charge >= 0.3 is 6.03 Å². The third-order valence-electron chi connectivity index (χ3n) is 3.76. The number of hydrogen-bond donors (Lipinski definition) is 1. The van der Waals surface area contributed by atoms with Crippen molar-refractivity contribution in [3.05, 3.63) is 47.9 Å². The molecule has 1 atom stereocenters. The molecule has 6 nitrogen and oxygen atoms in total. The maximum Gasteiger partial charge on any atom is 0.322 e. The van der Waals surface area contributed by atoms with Gasteiger partial charge in [-0.15, -0.1) is 0 Å². The monoisotopic (exact) mass is 319 g/mol. The summed E-state index contributed by atoms with van der Waals surface area (Å²) in [6, 6.07) is 4.45. The van der Waals surface area contributed by atoms with Gasteiger partial charge in [0.05, 0.1) is 25.1 Å². The van der Waals surface area contributed by atoms with Crippen LogP contribution in [0.2, 0.25) is 0 Å². The van der Waals surface area contributed by atoms with Crippen LogP contribution in [-0.4, -0.2) is 35.7 Å². The summed E-state index contributed by atoms with van der Waals surface area (Å²) in [4.78, 5) is 17.8. The number of anilines is 1. The fourth-order valence-electron chi connectivity index (χ4n) is 2.51. The first-order valence-electron chi connectivity index (χ1n) is 7.52. The van der Waals surface area contributed by atoms with Crippen molar-refractivity contribution in [2.45, 2.75) is 19.4 Å². The van der Waals surface area contributed by atoms with Crippen molar-refractivity contribution in [2.24, 2.45) is 0 Å². The van der Waals surface area contributed by atoms with Gasteiger partial charge in [0.15, 0.2) is 5.82 Å². The van der Waals surface area contributed by atoms with E-state index in [0.717, 1.165) is 18.4 Å². The van der Waals surface area contributed by atoms with Gasteiger partial charge in [0, 0.05) is 19.2 Å². The van der Waals surface area contributed by atoms with E-state index in [1.54, 1.807) is 4.90 Å². The average molecular weight is 319 g/mol. The zero-order valence-corrected chi connectivity index (χ0v) is 12.8. The Morgan fingerprint density at radius 3 is 3.09 bits per heavy atom. The van der Waals surface area contributed by atoms with Gasteiger partial charge in [0.1, 0.15) is 17.6 Å². The van der Waals surface area contributed by atoms with Crippen LogP contribution in [0, 0.1) is 5.82 Å². The van der Waals surface area contributed by atoms with Gasteiger partial charge in [-0.25, -0.2) is 9.18 Å². The van der Waals surface area contributed by atoms with Crippen molar-refractivity contribution in [3.63, 3.8) is 0 Å². The quantitative estimate of drug-likeness (QED) is 0.944. The smallest absolute Gasteiger partial charge is 0.322 e. The van der Waals surface area contributed by atoms with Crippen LogP contribution in [0.4, 0.5) is 14.9 Å². The van der Waals surface area contributed by atoms with Crippen LogP contribution in [-0.2, 0) is 11.2 Å². The molecule has 1 fully saturated rings. The van der Waals surface area contributed by atoms with Crippen LogP contribution in [0.1, 0.15) is 24.5 Å². The number of urea groups is 1. The molecule has 3 rings (SSSR count). The van der Waals surface area contributed by atoms with E-state index in [1.165, 1.54) is 12.3 Å². The summed E-state index contributed by atoms with van der Waals surface area (Å²) < 4.78 is 24.9. The minimum atomic E-state index is -0.572. The summed E-state index contributed by atoms with van der Waals surface area (Å²) in [7, 11) is 0. The van der Waals surface area contributed by atoms with Crippen molar-refractivity contribution in [1.82, 2.24) is 9.88 Å². The number of carbonyl (C=O) groups is 1. The van der Waals surface area contributed by atoms with Crippen LogP contribution in [0.3, 0.4) is 0 Å². The van der Waals surface area contributed by atoms with Crippen molar-refractivity contribution < 1.29 is 18.3 Å². The summed E-state index contributed by atoms with van der Waals surface area (Å²) in [5, 5.41) is 2.58. The third-order valence-corrected chi connectivity index (χ3v) is 3.76. The molecule has 0 aliphatic carbocycles. The van der Waals surface area contributed by atoms with Gasteiger partial charge in [-0.3, -0.25) is 4.98 Å². The number of morpholine rings is 1. The van der Waals surface area contributed by atoms with Crippen molar-refractivity contribution >= 4 is 11.7 Å². The van der Waals surface area contributed by atoms with Gasteiger partial charge in [0.2, 0.25) is 0 Å². The maximum atomic E-state index is 13.6. The molecule has 1 N–H and O–H groups in total. The first-order valence-corrected chi connectivity index (χ1v) is 7.52. The van der Waals surface area contributed by atoms with E-state index in [1.807, 2.05) is 19.1 Å². The maximum absolute atomic E-state index is 13.6. The van der Waals surface area contributed by atoms with E-state index >= 15 is 0 Å². The molecule has 23 heavy (non-hydrogen) atoms. The molecule has 1 unspecified atom stereocenters. The Hall–Kier alpha value is -2.41. The molecule has 0 spiro atoms. The van der Waals surface area contributed by atoms with E-state index in [2.05, 4.69) is 10.3 Å². The molecule has 1 saturated heterocycles. The Bertz CT molecular complexity index is 689. The lowest BCUT2D eigenvalue weighted by atomic mass is 10.2. The zero-order chi connectivity index (χ0) is 16.2. The molecular weight excluding hydrogens is 301 g/mol. The Labute approximate surface area is 133 Å². The largest absolute Gasteiger partial charge is 0.464 e. The van der Waals surface area contributed by atoms with Crippen LogP contribution < -0.4 is 5.32 Å². The summed E-state index contributed by atoms with van der Waals surface area (Å²) in [6.07, 6.45) is 3.27. The Morgan fingerprint density at radius 2 is 2.35 bits per heavy atom. The molecule has 2 aromatic heterocycles. The Morgan fingerprint density at radius 1 is 1.48 bits per heavy atom. The lowest BCUT2D eigenvalue weighted by Gasteiger charge is -2.34. The number of furan rings is 1. The molecule has 7 heteroatoms. The van der Waals surface area contributed by atoms with Crippen molar-refractivity contribution in [2.75, 3.05) is 25.1 Å². The van der Waals surface area contributed by atoms with Crippen molar-refractivity contribution in [3.8, 4) is 0 Å². The molecular formula is C16H18FN3O3. The lowest BCUT2D eigenvalue weighted by molar-refractivity contribution is 0.00700. The van der Waals surface area contributed by atoms with E-state index in [9.17, 15) is 9.18 Å². The summed E-state index contributed by atoms with van der Waals surface area (Å²) in [5.74, 6) is 0.954. The summed E-state index contributed by atoms with van der Waals surface area (Å²) >= 11 is 0. The first-order chi connectivity index (χ1) is 11.2. The minimum absolute atomic E-state index is 0.101. The number of halogens is 1. The number of aryl methyl sites for hydroxylation is 1. The van der Waals surface area contributed by atoms with Crippen LogP contribution in [0.15, 0.2) is 35.0 Å². The van der Waals surface area contributed by atoms with E-state index in [0.29, 0.717) is 25.5 Å². The fraction of sp³-hybridized carbons (Fsp3) is 0.375. The third kappa shape index (κ3) is 3.34. The van der Waals surface area contributed by atoms with Crippen LogP contribution in [0.25, 0.3) is 0 Å². The first kappa shape index (κ1) is 15.5. The molecule has 0 aromatic carbocycles.